The van der Waals surface area contributed by atoms with E-state index >= 15 is 0 Å². The summed E-state index contributed by atoms with van der Waals surface area (Å²) in [7, 11) is 3.87. The Bertz CT molecular complexity index is 344. The minimum Gasteiger partial charge on any atom is -0.465 e. The van der Waals surface area contributed by atoms with Crippen molar-refractivity contribution >= 4 is 17.9 Å². The van der Waals surface area contributed by atoms with Gasteiger partial charge in [-0.15, -0.1) is 11.8 Å². The summed E-state index contributed by atoms with van der Waals surface area (Å²) in [4.78, 5) is 13.8. The molecule has 1 aromatic rings. The van der Waals surface area contributed by atoms with E-state index in [0.29, 0.717) is 6.54 Å². The second-order valence-electron chi connectivity index (χ2n) is 4.03. The van der Waals surface area contributed by atoms with Gasteiger partial charge >= 0.3 is 6.09 Å². The van der Waals surface area contributed by atoms with Crippen LogP contribution in [-0.4, -0.2) is 48.5 Å². The summed E-state index contributed by atoms with van der Waals surface area (Å²) in [5.74, 6) is 0.731. The Kier molecular flexibility index (Phi) is 5.86. The maximum Gasteiger partial charge on any atom is 0.404 e. The molecule has 0 bridgehead atoms. The van der Waals surface area contributed by atoms with E-state index in [-0.39, 0.29) is 6.04 Å². The van der Waals surface area contributed by atoms with Gasteiger partial charge in [0.1, 0.15) is 0 Å². The van der Waals surface area contributed by atoms with Crippen molar-refractivity contribution in [3.8, 4) is 0 Å². The zero-order valence-corrected chi connectivity index (χ0v) is 10.9. The smallest absolute Gasteiger partial charge is 0.404 e. The molecule has 0 aliphatic heterocycles. The summed E-state index contributed by atoms with van der Waals surface area (Å²) in [6.45, 7) is 0.701. The highest BCUT2D eigenvalue weighted by molar-refractivity contribution is 7.99. The molecule has 4 nitrogen and oxygen atoms in total. The van der Waals surface area contributed by atoms with Crippen molar-refractivity contribution in [3.05, 3.63) is 30.3 Å². The number of thioether (sulfide) groups is 1. The highest BCUT2D eigenvalue weighted by Gasteiger charge is 2.12. The Labute approximate surface area is 106 Å². The van der Waals surface area contributed by atoms with Crippen molar-refractivity contribution in [1.29, 1.82) is 0 Å². The fourth-order valence-electron chi connectivity index (χ4n) is 1.47. The van der Waals surface area contributed by atoms with Crippen LogP contribution in [0.15, 0.2) is 35.2 Å². The van der Waals surface area contributed by atoms with E-state index < -0.39 is 6.09 Å². The lowest BCUT2D eigenvalue weighted by molar-refractivity contribution is 0.188. The third-order valence-corrected chi connectivity index (χ3v) is 3.28. The summed E-state index contributed by atoms with van der Waals surface area (Å²) in [5.41, 5.74) is 0. The van der Waals surface area contributed by atoms with Gasteiger partial charge in [-0.2, -0.15) is 0 Å². The molecule has 0 aliphatic carbocycles. The quantitative estimate of drug-likeness (QED) is 0.762. The zero-order valence-electron chi connectivity index (χ0n) is 10.1. The summed E-state index contributed by atoms with van der Waals surface area (Å²) >= 11 is 1.66. The average Bonchev–Trinajstić information content (AvgIpc) is 2.26. The Morgan fingerprint density at radius 3 is 2.59 bits per heavy atom. The molecule has 0 unspecified atom stereocenters. The van der Waals surface area contributed by atoms with E-state index in [1.165, 1.54) is 0 Å². The minimum atomic E-state index is -0.967. The molecule has 1 rings (SSSR count). The van der Waals surface area contributed by atoms with Gasteiger partial charge in [0, 0.05) is 17.2 Å². The van der Waals surface area contributed by atoms with Crippen LogP contribution < -0.4 is 5.32 Å². The predicted octanol–water partition coefficient (Wildman–Crippen LogP) is 1.98. The summed E-state index contributed by atoms with van der Waals surface area (Å²) in [6, 6.07) is 9.92. The number of rotatable bonds is 6. The van der Waals surface area contributed by atoms with Crippen LogP contribution in [-0.2, 0) is 0 Å². The van der Waals surface area contributed by atoms with E-state index in [2.05, 4.69) is 5.32 Å². The number of amides is 1. The highest BCUT2D eigenvalue weighted by Crippen LogP contribution is 2.17. The van der Waals surface area contributed by atoms with Crippen molar-refractivity contribution in [2.75, 3.05) is 26.4 Å². The Balaban J connectivity index is 2.45. The van der Waals surface area contributed by atoms with Gasteiger partial charge in [0.15, 0.2) is 0 Å². The molecule has 1 amide bonds. The zero-order chi connectivity index (χ0) is 12.7. The van der Waals surface area contributed by atoms with Crippen molar-refractivity contribution in [2.24, 2.45) is 0 Å². The van der Waals surface area contributed by atoms with E-state index in [1.54, 1.807) is 11.8 Å². The molecular formula is C12H18N2O2S. The van der Waals surface area contributed by atoms with Crippen LogP contribution in [0.1, 0.15) is 0 Å². The number of benzene rings is 1. The van der Waals surface area contributed by atoms with Crippen molar-refractivity contribution in [3.63, 3.8) is 0 Å². The van der Waals surface area contributed by atoms with Crippen LogP contribution in [0, 0.1) is 0 Å². The molecule has 0 aromatic heterocycles. The summed E-state index contributed by atoms with van der Waals surface area (Å²) < 4.78 is 0. The third kappa shape index (κ3) is 6.19. The van der Waals surface area contributed by atoms with Crippen molar-refractivity contribution < 1.29 is 9.90 Å². The molecule has 0 aliphatic rings. The number of hydrogen-bond donors (Lipinski definition) is 2. The standard InChI is InChI=1S/C12H18N2O2S/c1-14(2)8-10(13-12(15)16)9-17-11-6-4-3-5-7-11/h3-7,10,13H,8-9H2,1-2H3,(H,15,16)/t10-/m1/s1. The SMILES string of the molecule is CN(C)C[C@H](CSc1ccccc1)NC(=O)O. The molecule has 17 heavy (non-hydrogen) atoms. The number of carbonyl (C=O) groups is 1. The van der Waals surface area contributed by atoms with E-state index in [0.717, 1.165) is 10.6 Å². The molecule has 0 saturated carbocycles. The van der Waals surface area contributed by atoms with Gasteiger partial charge < -0.3 is 15.3 Å². The maximum atomic E-state index is 10.7. The summed E-state index contributed by atoms with van der Waals surface area (Å²) in [6.07, 6.45) is -0.967. The highest BCUT2D eigenvalue weighted by atomic mass is 32.2. The topological polar surface area (TPSA) is 52.6 Å². The van der Waals surface area contributed by atoms with Gasteiger partial charge in [-0.3, -0.25) is 0 Å². The monoisotopic (exact) mass is 254 g/mol. The minimum absolute atomic E-state index is 0.0623. The van der Waals surface area contributed by atoms with Gasteiger partial charge in [0.05, 0.1) is 6.04 Å². The number of likely N-dealkylation sites (N-methyl/N-ethyl adjacent to an activating group) is 1. The van der Waals surface area contributed by atoms with Crippen LogP contribution >= 0.6 is 11.8 Å². The summed E-state index contributed by atoms with van der Waals surface area (Å²) in [5, 5.41) is 11.3. The van der Waals surface area contributed by atoms with Gasteiger partial charge in [-0.05, 0) is 26.2 Å². The molecular weight excluding hydrogens is 236 g/mol. The van der Waals surface area contributed by atoms with Crippen LogP contribution in [0.5, 0.6) is 0 Å². The Hall–Kier alpha value is -1.20. The van der Waals surface area contributed by atoms with Crippen LogP contribution in [0.4, 0.5) is 4.79 Å². The molecule has 0 heterocycles. The lowest BCUT2D eigenvalue weighted by atomic mass is 10.3. The first-order valence-corrected chi connectivity index (χ1v) is 6.38. The van der Waals surface area contributed by atoms with Crippen LogP contribution in [0.2, 0.25) is 0 Å². The lowest BCUT2D eigenvalue weighted by Gasteiger charge is -2.20. The number of nitrogens with one attached hydrogen (secondary N) is 1. The number of hydrogen-bond acceptors (Lipinski definition) is 3. The van der Waals surface area contributed by atoms with Crippen LogP contribution in [0.3, 0.4) is 0 Å². The normalized spacial score (nSPS) is 12.4. The maximum absolute atomic E-state index is 10.7. The largest absolute Gasteiger partial charge is 0.465 e. The van der Waals surface area contributed by atoms with Crippen molar-refractivity contribution in [2.45, 2.75) is 10.9 Å². The average molecular weight is 254 g/mol. The van der Waals surface area contributed by atoms with Gasteiger partial charge in [0.25, 0.3) is 0 Å². The molecule has 0 spiro atoms. The third-order valence-electron chi connectivity index (χ3n) is 2.11. The fourth-order valence-corrected chi connectivity index (χ4v) is 2.40. The first-order valence-electron chi connectivity index (χ1n) is 5.40. The Morgan fingerprint density at radius 2 is 2.06 bits per heavy atom. The first-order chi connectivity index (χ1) is 8.08. The van der Waals surface area contributed by atoms with Gasteiger partial charge in [-0.1, -0.05) is 18.2 Å². The second kappa shape index (κ2) is 7.19. The predicted molar refractivity (Wildman–Crippen MR) is 70.7 cm³/mol. The van der Waals surface area contributed by atoms with Gasteiger partial charge in [-0.25, -0.2) is 4.79 Å². The van der Waals surface area contributed by atoms with E-state index in [4.69, 9.17) is 5.11 Å². The molecule has 1 aromatic carbocycles. The molecule has 5 heteroatoms. The lowest BCUT2D eigenvalue weighted by Crippen LogP contribution is -2.42. The van der Waals surface area contributed by atoms with Gasteiger partial charge in [0.2, 0.25) is 0 Å². The first kappa shape index (κ1) is 13.9. The van der Waals surface area contributed by atoms with Crippen molar-refractivity contribution in [1.82, 2.24) is 10.2 Å². The number of carboxylic acid groups (broad SMARTS) is 1. The Morgan fingerprint density at radius 1 is 1.41 bits per heavy atom. The molecule has 0 radical (unpaired) electrons. The molecule has 0 fully saturated rings. The van der Waals surface area contributed by atoms with E-state index in [1.807, 2.05) is 49.3 Å². The molecule has 94 valence electrons. The number of nitrogens with zero attached hydrogens (tertiary/aromatic N) is 1. The molecule has 2 N–H and O–H groups in total. The van der Waals surface area contributed by atoms with Crippen LogP contribution in [0.25, 0.3) is 0 Å². The molecule has 1 atom stereocenters. The molecule has 0 saturated heterocycles. The second-order valence-corrected chi connectivity index (χ2v) is 5.13. The van der Waals surface area contributed by atoms with E-state index in [9.17, 15) is 4.79 Å². The fraction of sp³-hybridized carbons (Fsp3) is 0.417.